The van der Waals surface area contributed by atoms with Crippen LogP contribution in [0.5, 0.6) is 0 Å². The average molecular weight is 431 g/mol. The van der Waals surface area contributed by atoms with Crippen LogP contribution >= 0.6 is 0 Å². The minimum atomic E-state index is -0.705. The van der Waals surface area contributed by atoms with Crippen molar-refractivity contribution in [3.8, 4) is 0 Å². The topological polar surface area (TPSA) is 87.0 Å². The van der Waals surface area contributed by atoms with E-state index in [4.69, 9.17) is 5.73 Å². The summed E-state index contributed by atoms with van der Waals surface area (Å²) in [5, 5.41) is 0. The fourth-order valence-corrected chi connectivity index (χ4v) is 7.80. The Bertz CT molecular complexity index is 736. The van der Waals surface area contributed by atoms with Crippen molar-refractivity contribution in [1.29, 1.82) is 0 Å². The van der Waals surface area contributed by atoms with E-state index in [0.29, 0.717) is 26.2 Å². The van der Waals surface area contributed by atoms with Crippen LogP contribution in [-0.4, -0.2) is 76.7 Å². The number of amides is 3. The van der Waals surface area contributed by atoms with Gasteiger partial charge in [0.25, 0.3) is 0 Å². The minimum Gasteiger partial charge on any atom is -0.368 e. The van der Waals surface area contributed by atoms with Crippen LogP contribution in [0.3, 0.4) is 0 Å². The molecule has 31 heavy (non-hydrogen) atoms. The number of hydrogen-bond acceptors (Lipinski definition) is 4. The van der Waals surface area contributed by atoms with Crippen LogP contribution < -0.4 is 5.73 Å². The van der Waals surface area contributed by atoms with Crippen molar-refractivity contribution in [3.05, 3.63) is 0 Å². The van der Waals surface area contributed by atoms with Crippen LogP contribution in [-0.2, 0) is 14.4 Å². The standard InChI is InChI=1S/C24H38N4O3/c1-23(2,21(25)30)27-8-6-26(7-9-27)20(29)19-4-3-5-28(19)22(31)24-13-16-10-17(14-24)12-18(11-16)15-24/h16-19H,3-15H2,1-2H3,(H2,25,30)/t16?,17?,18?,19-,24?/m0/s1. The second-order valence-electron chi connectivity index (χ2n) is 11.6. The van der Waals surface area contributed by atoms with E-state index < -0.39 is 5.54 Å². The third kappa shape index (κ3) is 3.47. The van der Waals surface area contributed by atoms with Gasteiger partial charge in [0.15, 0.2) is 0 Å². The first-order valence-electron chi connectivity index (χ1n) is 12.3. The quantitative estimate of drug-likeness (QED) is 0.734. The van der Waals surface area contributed by atoms with Crippen molar-refractivity contribution in [2.75, 3.05) is 32.7 Å². The molecule has 6 fully saturated rings. The summed E-state index contributed by atoms with van der Waals surface area (Å²) in [6.07, 6.45) is 8.82. The summed E-state index contributed by atoms with van der Waals surface area (Å²) in [7, 11) is 0. The predicted octanol–water partition coefficient (Wildman–Crippen LogP) is 1.60. The highest BCUT2D eigenvalue weighted by Crippen LogP contribution is 2.60. The summed E-state index contributed by atoms with van der Waals surface area (Å²) in [6, 6.07) is -0.295. The molecular weight excluding hydrogens is 392 g/mol. The number of carbonyl (C=O) groups is 3. The maximum absolute atomic E-state index is 13.9. The van der Waals surface area contributed by atoms with Gasteiger partial charge in [0, 0.05) is 32.7 Å². The molecule has 0 aromatic heterocycles. The van der Waals surface area contributed by atoms with Crippen LogP contribution in [0.1, 0.15) is 65.2 Å². The second-order valence-corrected chi connectivity index (χ2v) is 11.6. The first kappa shape index (κ1) is 21.2. The third-order valence-corrected chi connectivity index (χ3v) is 9.28. The first-order valence-corrected chi connectivity index (χ1v) is 12.3. The molecule has 6 aliphatic rings. The number of primary amides is 1. The van der Waals surface area contributed by atoms with Crippen molar-refractivity contribution >= 4 is 17.7 Å². The van der Waals surface area contributed by atoms with Gasteiger partial charge in [-0.2, -0.15) is 0 Å². The lowest BCUT2D eigenvalue weighted by atomic mass is 9.49. The molecule has 0 aromatic carbocycles. The van der Waals surface area contributed by atoms with Crippen LogP contribution in [0.25, 0.3) is 0 Å². The second kappa shape index (κ2) is 7.46. The van der Waals surface area contributed by atoms with E-state index in [1.165, 1.54) is 19.3 Å². The van der Waals surface area contributed by atoms with Gasteiger partial charge in [0.1, 0.15) is 6.04 Å². The number of likely N-dealkylation sites (tertiary alicyclic amines) is 1. The molecule has 7 heteroatoms. The van der Waals surface area contributed by atoms with Gasteiger partial charge in [0.2, 0.25) is 17.7 Å². The summed E-state index contributed by atoms with van der Waals surface area (Å²) in [4.78, 5) is 45.0. The van der Waals surface area contributed by atoms with Gasteiger partial charge in [-0.05, 0) is 83.0 Å². The highest BCUT2D eigenvalue weighted by molar-refractivity contribution is 5.91. The monoisotopic (exact) mass is 430 g/mol. The Labute approximate surface area is 185 Å². The summed E-state index contributed by atoms with van der Waals surface area (Å²) < 4.78 is 0. The Morgan fingerprint density at radius 1 is 0.871 bits per heavy atom. The molecule has 4 aliphatic carbocycles. The smallest absolute Gasteiger partial charge is 0.245 e. The number of piperazine rings is 1. The largest absolute Gasteiger partial charge is 0.368 e. The molecule has 0 aromatic rings. The zero-order chi connectivity index (χ0) is 22.0. The van der Waals surface area contributed by atoms with Gasteiger partial charge in [-0.15, -0.1) is 0 Å². The van der Waals surface area contributed by atoms with E-state index in [9.17, 15) is 14.4 Å². The highest BCUT2D eigenvalue weighted by atomic mass is 16.2. The van der Waals surface area contributed by atoms with Gasteiger partial charge >= 0.3 is 0 Å². The number of rotatable bonds is 4. The van der Waals surface area contributed by atoms with Crippen molar-refractivity contribution in [1.82, 2.24) is 14.7 Å². The molecule has 2 heterocycles. The van der Waals surface area contributed by atoms with Gasteiger partial charge < -0.3 is 15.5 Å². The van der Waals surface area contributed by atoms with Gasteiger partial charge in [-0.1, -0.05) is 0 Å². The molecule has 0 unspecified atom stereocenters. The van der Waals surface area contributed by atoms with Crippen LogP contribution in [0.2, 0.25) is 0 Å². The summed E-state index contributed by atoms with van der Waals surface area (Å²) in [6.45, 7) is 6.86. The van der Waals surface area contributed by atoms with E-state index in [1.54, 1.807) is 0 Å². The molecular formula is C24H38N4O3. The van der Waals surface area contributed by atoms with Crippen molar-refractivity contribution in [2.45, 2.75) is 76.8 Å². The molecule has 0 radical (unpaired) electrons. The number of nitrogens with zero attached hydrogens (tertiary/aromatic N) is 3. The zero-order valence-corrected chi connectivity index (χ0v) is 19.1. The van der Waals surface area contributed by atoms with E-state index in [0.717, 1.165) is 56.4 Å². The summed E-state index contributed by atoms with van der Waals surface area (Å²) >= 11 is 0. The Kier molecular flexibility index (Phi) is 5.11. The highest BCUT2D eigenvalue weighted by Gasteiger charge is 2.57. The fourth-order valence-electron chi connectivity index (χ4n) is 7.80. The lowest BCUT2D eigenvalue weighted by molar-refractivity contribution is -0.162. The number of carbonyl (C=O) groups excluding carboxylic acids is 3. The van der Waals surface area contributed by atoms with Gasteiger partial charge in [0.05, 0.1) is 11.0 Å². The van der Waals surface area contributed by atoms with E-state index >= 15 is 0 Å². The fraction of sp³-hybridized carbons (Fsp3) is 0.875. The Morgan fingerprint density at radius 2 is 1.42 bits per heavy atom. The SMILES string of the molecule is CC(C)(C(N)=O)N1CCN(C(=O)[C@@H]2CCCN2C(=O)C23CC4CC(CC(C4)C2)C3)CC1. The molecule has 2 N–H and O–H groups in total. The molecule has 7 nitrogen and oxygen atoms in total. The molecule has 6 rings (SSSR count). The van der Waals surface area contributed by atoms with Crippen molar-refractivity contribution in [2.24, 2.45) is 28.9 Å². The van der Waals surface area contributed by atoms with Crippen LogP contribution in [0, 0.1) is 23.2 Å². The lowest BCUT2D eigenvalue weighted by Gasteiger charge is -2.56. The maximum Gasteiger partial charge on any atom is 0.245 e. The number of hydrogen-bond donors (Lipinski definition) is 1. The molecule has 0 spiro atoms. The normalized spacial score (nSPS) is 38.0. The Hall–Kier alpha value is -1.63. The van der Waals surface area contributed by atoms with Crippen molar-refractivity contribution in [3.63, 3.8) is 0 Å². The van der Waals surface area contributed by atoms with Gasteiger partial charge in [-0.3, -0.25) is 19.3 Å². The molecule has 4 saturated carbocycles. The van der Waals surface area contributed by atoms with E-state index in [1.807, 2.05) is 23.6 Å². The van der Waals surface area contributed by atoms with E-state index in [2.05, 4.69) is 4.90 Å². The van der Waals surface area contributed by atoms with Crippen molar-refractivity contribution < 1.29 is 14.4 Å². The molecule has 2 aliphatic heterocycles. The lowest BCUT2D eigenvalue weighted by Crippen LogP contribution is -2.62. The summed E-state index contributed by atoms with van der Waals surface area (Å²) in [5.74, 6) is 2.24. The summed E-state index contributed by atoms with van der Waals surface area (Å²) in [5.41, 5.74) is 4.68. The van der Waals surface area contributed by atoms with E-state index in [-0.39, 0.29) is 29.2 Å². The molecule has 172 valence electrons. The average Bonchev–Trinajstić information content (AvgIpc) is 3.21. The maximum atomic E-state index is 13.9. The zero-order valence-electron chi connectivity index (χ0n) is 19.1. The third-order valence-electron chi connectivity index (χ3n) is 9.28. The molecule has 1 atom stereocenters. The molecule has 4 bridgehead atoms. The molecule has 3 amide bonds. The van der Waals surface area contributed by atoms with Gasteiger partial charge in [-0.25, -0.2) is 0 Å². The predicted molar refractivity (Wildman–Crippen MR) is 117 cm³/mol. The minimum absolute atomic E-state index is 0.104. The molecule has 2 saturated heterocycles. The van der Waals surface area contributed by atoms with Crippen LogP contribution in [0.15, 0.2) is 0 Å². The Balaban J connectivity index is 1.25. The first-order chi connectivity index (χ1) is 14.7. The number of nitrogens with two attached hydrogens (primary N) is 1. The Morgan fingerprint density at radius 3 is 1.94 bits per heavy atom. The van der Waals surface area contributed by atoms with Crippen LogP contribution in [0.4, 0.5) is 0 Å².